The van der Waals surface area contributed by atoms with Crippen LogP contribution in [0.15, 0.2) is 30.5 Å². The van der Waals surface area contributed by atoms with Crippen LogP contribution in [-0.2, 0) is 0 Å². The summed E-state index contributed by atoms with van der Waals surface area (Å²) in [7, 11) is 3.98. The second kappa shape index (κ2) is 9.28. The lowest BCUT2D eigenvalue weighted by Gasteiger charge is -2.13. The van der Waals surface area contributed by atoms with E-state index < -0.39 is 0 Å². The van der Waals surface area contributed by atoms with Crippen molar-refractivity contribution in [1.82, 2.24) is 15.2 Å². The van der Waals surface area contributed by atoms with Gasteiger partial charge in [-0.05, 0) is 71.1 Å². The van der Waals surface area contributed by atoms with Crippen molar-refractivity contribution >= 4 is 17.5 Å². The predicted octanol–water partition coefficient (Wildman–Crippen LogP) is 2.94. The van der Waals surface area contributed by atoms with E-state index in [0.29, 0.717) is 12.1 Å². The van der Waals surface area contributed by atoms with Crippen molar-refractivity contribution < 1.29 is 9.59 Å². The fraction of sp³-hybridized carbons (Fsp3) is 0.381. The molecule has 0 aliphatic heterocycles. The number of benzene rings is 1. The van der Waals surface area contributed by atoms with Gasteiger partial charge in [0.1, 0.15) is 5.69 Å². The van der Waals surface area contributed by atoms with E-state index in [1.165, 1.54) is 12.3 Å². The molecule has 144 valence electrons. The molecule has 1 aromatic heterocycles. The Morgan fingerprint density at radius 3 is 2.33 bits per heavy atom. The van der Waals surface area contributed by atoms with Crippen molar-refractivity contribution in [3.05, 3.63) is 58.4 Å². The van der Waals surface area contributed by atoms with Crippen LogP contribution in [0.25, 0.3) is 0 Å². The maximum atomic E-state index is 12.6. The summed E-state index contributed by atoms with van der Waals surface area (Å²) in [6, 6.07) is 7.19. The highest BCUT2D eigenvalue weighted by Crippen LogP contribution is 2.22. The van der Waals surface area contributed by atoms with Crippen molar-refractivity contribution in [3.8, 4) is 0 Å². The third-order valence-electron chi connectivity index (χ3n) is 4.24. The lowest BCUT2D eigenvalue weighted by molar-refractivity contribution is 0.0947. The standard InChI is InChI=1S/C21H28N4O2/c1-14-11-15(2)19(16(3)12-14)24-20(26)17-7-9-22-18(13-17)21(27)23-8-6-10-25(4)5/h7,9,11-13H,6,8,10H2,1-5H3,(H,23,27)(H,24,26). The molecular weight excluding hydrogens is 340 g/mol. The first-order chi connectivity index (χ1) is 12.8. The van der Waals surface area contributed by atoms with E-state index >= 15 is 0 Å². The van der Waals surface area contributed by atoms with Crippen molar-refractivity contribution in [1.29, 1.82) is 0 Å². The minimum absolute atomic E-state index is 0.241. The van der Waals surface area contributed by atoms with Crippen LogP contribution < -0.4 is 10.6 Å². The first-order valence-corrected chi connectivity index (χ1v) is 9.06. The molecule has 0 atom stereocenters. The average Bonchev–Trinajstić information content (AvgIpc) is 2.61. The summed E-state index contributed by atoms with van der Waals surface area (Å²) in [5, 5.41) is 5.78. The van der Waals surface area contributed by atoms with Gasteiger partial charge in [-0.25, -0.2) is 0 Å². The number of nitrogens with one attached hydrogen (secondary N) is 2. The summed E-state index contributed by atoms with van der Waals surface area (Å²) in [6.45, 7) is 7.42. The number of aromatic nitrogens is 1. The molecule has 0 bridgehead atoms. The minimum Gasteiger partial charge on any atom is -0.351 e. The maximum absolute atomic E-state index is 12.6. The molecule has 1 aromatic carbocycles. The van der Waals surface area contributed by atoms with Crippen LogP contribution in [0.1, 0.15) is 44.0 Å². The van der Waals surface area contributed by atoms with Crippen molar-refractivity contribution in [2.75, 3.05) is 32.5 Å². The topological polar surface area (TPSA) is 74.3 Å². The average molecular weight is 368 g/mol. The first-order valence-electron chi connectivity index (χ1n) is 9.06. The van der Waals surface area contributed by atoms with E-state index in [-0.39, 0.29) is 17.5 Å². The fourth-order valence-electron chi connectivity index (χ4n) is 2.95. The number of amides is 2. The van der Waals surface area contributed by atoms with Crippen LogP contribution in [0, 0.1) is 20.8 Å². The Balaban J connectivity index is 2.06. The Hall–Kier alpha value is -2.73. The van der Waals surface area contributed by atoms with Crippen LogP contribution in [0.5, 0.6) is 0 Å². The van der Waals surface area contributed by atoms with Gasteiger partial charge in [0, 0.05) is 24.0 Å². The molecule has 2 N–H and O–H groups in total. The smallest absolute Gasteiger partial charge is 0.269 e. The van der Waals surface area contributed by atoms with Gasteiger partial charge in [0.2, 0.25) is 0 Å². The number of hydrogen-bond acceptors (Lipinski definition) is 4. The number of carbonyl (C=O) groups is 2. The number of carbonyl (C=O) groups excluding carboxylic acids is 2. The molecule has 0 spiro atoms. The van der Waals surface area contributed by atoms with Crippen molar-refractivity contribution in [3.63, 3.8) is 0 Å². The van der Waals surface area contributed by atoms with E-state index in [9.17, 15) is 9.59 Å². The lowest BCUT2D eigenvalue weighted by atomic mass is 10.0. The quantitative estimate of drug-likeness (QED) is 0.737. The van der Waals surface area contributed by atoms with Gasteiger partial charge >= 0.3 is 0 Å². The van der Waals surface area contributed by atoms with Crippen LogP contribution in [0.4, 0.5) is 5.69 Å². The highest BCUT2D eigenvalue weighted by atomic mass is 16.2. The SMILES string of the molecule is Cc1cc(C)c(NC(=O)c2ccnc(C(=O)NCCCN(C)C)c2)c(C)c1. The van der Waals surface area contributed by atoms with Gasteiger partial charge in [-0.2, -0.15) is 0 Å². The molecule has 0 fully saturated rings. The summed E-state index contributed by atoms with van der Waals surface area (Å²) in [5.74, 6) is -0.528. The highest BCUT2D eigenvalue weighted by Gasteiger charge is 2.14. The zero-order chi connectivity index (χ0) is 20.0. The number of aryl methyl sites for hydroxylation is 3. The zero-order valence-corrected chi connectivity index (χ0v) is 16.7. The summed E-state index contributed by atoms with van der Waals surface area (Å²) in [5.41, 5.74) is 4.62. The zero-order valence-electron chi connectivity index (χ0n) is 16.7. The van der Waals surface area contributed by atoms with E-state index in [0.717, 1.165) is 35.3 Å². The summed E-state index contributed by atoms with van der Waals surface area (Å²) in [6.07, 6.45) is 2.34. The Bertz CT molecular complexity index is 808. The third-order valence-corrected chi connectivity index (χ3v) is 4.24. The van der Waals surface area contributed by atoms with Crippen LogP contribution in [-0.4, -0.2) is 48.9 Å². The summed E-state index contributed by atoms with van der Waals surface area (Å²) >= 11 is 0. The number of rotatable bonds is 7. The molecule has 27 heavy (non-hydrogen) atoms. The van der Waals surface area contributed by atoms with Crippen molar-refractivity contribution in [2.45, 2.75) is 27.2 Å². The Labute approximate surface area is 161 Å². The molecule has 6 heteroatoms. The molecule has 0 radical (unpaired) electrons. The molecule has 2 aromatic rings. The Morgan fingerprint density at radius 2 is 1.70 bits per heavy atom. The Morgan fingerprint density at radius 1 is 1.04 bits per heavy atom. The monoisotopic (exact) mass is 368 g/mol. The van der Waals surface area contributed by atoms with Gasteiger partial charge in [0.25, 0.3) is 11.8 Å². The van der Waals surface area contributed by atoms with Gasteiger partial charge in [0.15, 0.2) is 0 Å². The molecule has 0 aliphatic carbocycles. The molecule has 0 unspecified atom stereocenters. The normalized spacial score (nSPS) is 10.7. The molecule has 0 aliphatic rings. The van der Waals surface area contributed by atoms with E-state index in [4.69, 9.17) is 0 Å². The molecule has 1 heterocycles. The number of anilines is 1. The number of pyridine rings is 1. The summed E-state index contributed by atoms with van der Waals surface area (Å²) < 4.78 is 0. The molecule has 0 saturated carbocycles. The third kappa shape index (κ3) is 5.89. The van der Waals surface area contributed by atoms with Crippen molar-refractivity contribution in [2.24, 2.45) is 0 Å². The van der Waals surface area contributed by atoms with Gasteiger partial charge in [0.05, 0.1) is 0 Å². The lowest BCUT2D eigenvalue weighted by Crippen LogP contribution is -2.28. The van der Waals surface area contributed by atoms with Crippen LogP contribution >= 0.6 is 0 Å². The van der Waals surface area contributed by atoms with Gasteiger partial charge in [-0.1, -0.05) is 17.7 Å². The van der Waals surface area contributed by atoms with Gasteiger partial charge in [-0.15, -0.1) is 0 Å². The van der Waals surface area contributed by atoms with Crippen LogP contribution in [0.3, 0.4) is 0 Å². The molecule has 2 amide bonds. The summed E-state index contributed by atoms with van der Waals surface area (Å²) in [4.78, 5) is 31.0. The number of hydrogen-bond donors (Lipinski definition) is 2. The Kier molecular flexibility index (Phi) is 7.07. The van der Waals surface area contributed by atoms with E-state index in [1.807, 2.05) is 47.0 Å². The fourth-order valence-corrected chi connectivity index (χ4v) is 2.95. The van der Waals surface area contributed by atoms with E-state index in [1.54, 1.807) is 6.07 Å². The highest BCUT2D eigenvalue weighted by molar-refractivity contribution is 6.06. The molecule has 0 saturated heterocycles. The largest absolute Gasteiger partial charge is 0.351 e. The predicted molar refractivity (Wildman–Crippen MR) is 108 cm³/mol. The second-order valence-electron chi connectivity index (χ2n) is 7.07. The van der Waals surface area contributed by atoms with Gasteiger partial charge < -0.3 is 15.5 Å². The second-order valence-corrected chi connectivity index (χ2v) is 7.07. The molecule has 6 nitrogen and oxygen atoms in total. The first kappa shape index (κ1) is 20.6. The maximum Gasteiger partial charge on any atom is 0.269 e. The minimum atomic E-state index is -0.272. The van der Waals surface area contributed by atoms with Crippen LogP contribution in [0.2, 0.25) is 0 Å². The van der Waals surface area contributed by atoms with E-state index in [2.05, 4.69) is 20.5 Å². The molecule has 2 rings (SSSR count). The van der Waals surface area contributed by atoms with Gasteiger partial charge in [-0.3, -0.25) is 14.6 Å². The number of nitrogens with zero attached hydrogens (tertiary/aromatic N) is 2. The molecular formula is C21H28N4O2.